The summed E-state index contributed by atoms with van der Waals surface area (Å²) >= 11 is 0. The molecular formula is C13H19N. The summed E-state index contributed by atoms with van der Waals surface area (Å²) in [5, 5.41) is 3.82. The fourth-order valence-electron chi connectivity index (χ4n) is 7.13. The highest BCUT2D eigenvalue weighted by atomic mass is 15.0. The molecule has 6 saturated carbocycles. The molecule has 0 heterocycles. The third kappa shape index (κ3) is 0.476. The van der Waals surface area contributed by atoms with Gasteiger partial charge in [0.15, 0.2) is 0 Å². The van der Waals surface area contributed by atoms with Crippen molar-refractivity contribution in [3.05, 3.63) is 0 Å². The highest BCUT2D eigenvalue weighted by Gasteiger charge is 2.79. The minimum atomic E-state index is 0.961. The van der Waals surface area contributed by atoms with Crippen LogP contribution in [0.15, 0.2) is 0 Å². The summed E-state index contributed by atoms with van der Waals surface area (Å²) in [6, 6.07) is 0.961. The Morgan fingerprint density at radius 2 is 1.43 bits per heavy atom. The van der Waals surface area contributed by atoms with E-state index in [1.165, 1.54) is 42.1 Å². The molecule has 6 rings (SSSR count). The molecule has 0 radical (unpaired) electrons. The summed E-state index contributed by atoms with van der Waals surface area (Å²) in [7, 11) is 0. The first-order valence-electron chi connectivity index (χ1n) is 6.65. The predicted molar refractivity (Wildman–Crippen MR) is 54.6 cm³/mol. The molecule has 0 aromatic rings. The van der Waals surface area contributed by atoms with Gasteiger partial charge < -0.3 is 5.32 Å². The molecular weight excluding hydrogens is 170 g/mol. The summed E-state index contributed by atoms with van der Waals surface area (Å²) in [4.78, 5) is 0. The molecule has 1 heteroatoms. The predicted octanol–water partition coefficient (Wildman–Crippen LogP) is 1.74. The van der Waals surface area contributed by atoms with E-state index in [0.29, 0.717) is 0 Å². The van der Waals surface area contributed by atoms with E-state index < -0.39 is 0 Å². The maximum atomic E-state index is 3.82. The first-order chi connectivity index (χ1) is 6.92. The van der Waals surface area contributed by atoms with Crippen LogP contribution in [-0.2, 0) is 0 Å². The number of nitrogens with one attached hydrogen (secondary N) is 1. The van der Waals surface area contributed by atoms with E-state index in [1.807, 2.05) is 0 Å². The van der Waals surface area contributed by atoms with E-state index in [-0.39, 0.29) is 0 Å². The maximum absolute atomic E-state index is 3.82. The third-order valence-electron chi connectivity index (χ3n) is 6.76. The first kappa shape index (κ1) is 7.27. The van der Waals surface area contributed by atoms with E-state index in [1.54, 1.807) is 12.8 Å². The second-order valence-electron chi connectivity index (χ2n) is 6.52. The summed E-state index contributed by atoms with van der Waals surface area (Å²) in [6.45, 7) is 3.49. The van der Waals surface area contributed by atoms with E-state index >= 15 is 0 Å². The van der Waals surface area contributed by atoms with Gasteiger partial charge in [-0.05, 0) is 66.7 Å². The molecule has 8 atom stereocenters. The zero-order valence-corrected chi connectivity index (χ0v) is 8.82. The molecule has 0 amide bonds. The van der Waals surface area contributed by atoms with Crippen LogP contribution in [0.25, 0.3) is 0 Å². The molecule has 0 aliphatic heterocycles. The van der Waals surface area contributed by atoms with Crippen LogP contribution in [0.5, 0.6) is 0 Å². The van der Waals surface area contributed by atoms with Gasteiger partial charge in [0.1, 0.15) is 0 Å². The topological polar surface area (TPSA) is 12.0 Å². The molecule has 1 N–H and O–H groups in total. The number of hydrogen-bond donors (Lipinski definition) is 1. The van der Waals surface area contributed by atoms with Gasteiger partial charge >= 0.3 is 0 Å². The molecule has 0 aromatic carbocycles. The van der Waals surface area contributed by atoms with Crippen LogP contribution in [-0.4, -0.2) is 12.6 Å². The quantitative estimate of drug-likeness (QED) is 0.697. The lowest BCUT2D eigenvalue weighted by Crippen LogP contribution is -2.34. The lowest BCUT2D eigenvalue weighted by molar-refractivity contribution is 0.132. The van der Waals surface area contributed by atoms with Crippen molar-refractivity contribution in [3.8, 4) is 0 Å². The first-order valence-corrected chi connectivity index (χ1v) is 6.65. The zero-order valence-electron chi connectivity index (χ0n) is 8.82. The van der Waals surface area contributed by atoms with E-state index in [4.69, 9.17) is 0 Å². The minimum Gasteiger partial charge on any atom is -0.314 e. The van der Waals surface area contributed by atoms with Gasteiger partial charge in [0.05, 0.1) is 0 Å². The van der Waals surface area contributed by atoms with Crippen molar-refractivity contribution >= 4 is 0 Å². The molecule has 14 heavy (non-hydrogen) atoms. The second-order valence-corrected chi connectivity index (χ2v) is 6.52. The van der Waals surface area contributed by atoms with Crippen molar-refractivity contribution in [3.63, 3.8) is 0 Å². The highest BCUT2D eigenvalue weighted by molar-refractivity contribution is 5.29. The summed E-state index contributed by atoms with van der Waals surface area (Å²) in [5.41, 5.74) is 0. The average molecular weight is 189 g/mol. The van der Waals surface area contributed by atoms with Crippen molar-refractivity contribution in [2.24, 2.45) is 47.3 Å². The Labute approximate surface area is 85.6 Å². The average Bonchev–Trinajstić information content (AvgIpc) is 2.79. The second kappa shape index (κ2) is 1.93. The largest absolute Gasteiger partial charge is 0.314 e. The Bertz CT molecular complexity index is 284. The third-order valence-corrected chi connectivity index (χ3v) is 6.76. The SMILES string of the molecule is CCNC1C2C3CC4C5CC(C42)C1C53. The van der Waals surface area contributed by atoms with E-state index in [2.05, 4.69) is 12.2 Å². The molecule has 76 valence electrons. The van der Waals surface area contributed by atoms with Gasteiger partial charge in [-0.1, -0.05) is 6.92 Å². The maximum Gasteiger partial charge on any atom is 0.0135 e. The van der Waals surface area contributed by atoms with Crippen LogP contribution in [0, 0.1) is 47.3 Å². The monoisotopic (exact) mass is 189 g/mol. The molecule has 6 fully saturated rings. The molecule has 1 nitrogen and oxygen atoms in total. The smallest absolute Gasteiger partial charge is 0.0135 e. The van der Waals surface area contributed by atoms with Gasteiger partial charge in [0, 0.05) is 6.04 Å². The van der Waals surface area contributed by atoms with Gasteiger partial charge in [-0.3, -0.25) is 0 Å². The molecule has 0 aromatic heterocycles. The minimum absolute atomic E-state index is 0.961. The van der Waals surface area contributed by atoms with Gasteiger partial charge in [0.25, 0.3) is 0 Å². The fraction of sp³-hybridized carbons (Fsp3) is 1.00. The zero-order chi connectivity index (χ0) is 9.02. The molecule has 6 bridgehead atoms. The Morgan fingerprint density at radius 3 is 1.93 bits per heavy atom. The van der Waals surface area contributed by atoms with Crippen LogP contribution >= 0.6 is 0 Å². The van der Waals surface area contributed by atoms with Crippen molar-refractivity contribution in [2.45, 2.75) is 25.8 Å². The fourth-order valence-corrected chi connectivity index (χ4v) is 7.13. The van der Waals surface area contributed by atoms with Crippen molar-refractivity contribution in [2.75, 3.05) is 6.54 Å². The summed E-state index contributed by atoms with van der Waals surface area (Å²) < 4.78 is 0. The van der Waals surface area contributed by atoms with Crippen molar-refractivity contribution < 1.29 is 0 Å². The molecule has 0 spiro atoms. The Morgan fingerprint density at radius 1 is 0.857 bits per heavy atom. The number of rotatable bonds is 2. The summed E-state index contributed by atoms with van der Waals surface area (Å²) in [5.74, 6) is 9.45. The Kier molecular flexibility index (Phi) is 1.00. The van der Waals surface area contributed by atoms with E-state index in [0.717, 1.165) is 17.9 Å². The van der Waals surface area contributed by atoms with E-state index in [9.17, 15) is 0 Å². The Balaban J connectivity index is 1.67. The van der Waals surface area contributed by atoms with Crippen molar-refractivity contribution in [1.82, 2.24) is 5.32 Å². The van der Waals surface area contributed by atoms with Gasteiger partial charge in [0.2, 0.25) is 0 Å². The van der Waals surface area contributed by atoms with Crippen molar-refractivity contribution in [1.29, 1.82) is 0 Å². The Hall–Kier alpha value is -0.0400. The van der Waals surface area contributed by atoms with Crippen LogP contribution in [0.1, 0.15) is 19.8 Å². The standard InChI is InChI=1S/C13H19N/c1-2-14-13-11-7-3-5-6-4-8(9(5)11)12(13)10(6)7/h5-14H,2-4H2,1H3. The van der Waals surface area contributed by atoms with Crippen LogP contribution in [0.2, 0.25) is 0 Å². The summed E-state index contributed by atoms with van der Waals surface area (Å²) in [6.07, 6.45) is 3.28. The lowest BCUT2D eigenvalue weighted by Gasteiger charge is -2.33. The van der Waals surface area contributed by atoms with Gasteiger partial charge in [-0.2, -0.15) is 0 Å². The highest BCUT2D eigenvalue weighted by Crippen LogP contribution is 2.82. The van der Waals surface area contributed by atoms with Crippen LogP contribution < -0.4 is 5.32 Å². The molecule has 6 aliphatic rings. The number of hydrogen-bond acceptors (Lipinski definition) is 1. The molecule has 6 aliphatic carbocycles. The van der Waals surface area contributed by atoms with Crippen LogP contribution in [0.4, 0.5) is 0 Å². The lowest BCUT2D eigenvalue weighted by atomic mass is 9.71. The molecule has 8 unspecified atom stereocenters. The van der Waals surface area contributed by atoms with Crippen LogP contribution in [0.3, 0.4) is 0 Å². The van der Waals surface area contributed by atoms with Gasteiger partial charge in [-0.25, -0.2) is 0 Å². The molecule has 0 saturated heterocycles. The van der Waals surface area contributed by atoms with Gasteiger partial charge in [-0.15, -0.1) is 0 Å². The normalized spacial score (nSPS) is 74.8.